The van der Waals surface area contributed by atoms with Gasteiger partial charge in [-0.25, -0.2) is 9.48 Å². The van der Waals surface area contributed by atoms with Crippen LogP contribution in [0.2, 0.25) is 5.02 Å². The van der Waals surface area contributed by atoms with Crippen molar-refractivity contribution in [3.05, 3.63) is 52.0 Å². The van der Waals surface area contributed by atoms with Gasteiger partial charge in [0, 0.05) is 18.3 Å². The average molecular weight is 363 g/mol. The van der Waals surface area contributed by atoms with Crippen molar-refractivity contribution in [2.45, 2.75) is 6.54 Å². The number of methoxy groups -OCH3 is 2. The van der Waals surface area contributed by atoms with Crippen LogP contribution in [0.3, 0.4) is 0 Å². The molecule has 0 radical (unpaired) electrons. The molecule has 0 saturated carbocycles. The van der Waals surface area contributed by atoms with Crippen LogP contribution in [-0.2, 0) is 11.3 Å². The van der Waals surface area contributed by atoms with E-state index in [1.54, 1.807) is 30.5 Å². The topological polar surface area (TPSA) is 86.9 Å². The maximum absolute atomic E-state index is 12.3. The zero-order valence-electron chi connectivity index (χ0n) is 13.5. The third kappa shape index (κ3) is 3.29. The lowest BCUT2D eigenvalue weighted by Crippen LogP contribution is -2.28. The highest BCUT2D eigenvalue weighted by Crippen LogP contribution is 2.35. The molecule has 0 saturated heterocycles. The van der Waals surface area contributed by atoms with E-state index in [2.05, 4.69) is 10.4 Å². The first kappa shape index (κ1) is 16.8. The summed E-state index contributed by atoms with van der Waals surface area (Å²) < 4.78 is 12.8. The van der Waals surface area contributed by atoms with Crippen molar-refractivity contribution in [3.8, 4) is 11.5 Å². The number of anilines is 1. The number of nitrogens with zero attached hydrogens (tertiary/aromatic N) is 3. The Morgan fingerprint density at radius 1 is 1.24 bits per heavy atom. The number of fused-ring (bicyclic) bond motifs is 1. The molecule has 3 aromatic rings. The fourth-order valence-corrected chi connectivity index (χ4v) is 2.59. The Labute approximate surface area is 147 Å². The predicted octanol–water partition coefficient (Wildman–Crippen LogP) is 1.81. The minimum Gasteiger partial charge on any atom is -0.495 e. The third-order valence-corrected chi connectivity index (χ3v) is 3.83. The van der Waals surface area contributed by atoms with Crippen molar-refractivity contribution < 1.29 is 14.3 Å². The number of aromatic nitrogens is 3. The van der Waals surface area contributed by atoms with E-state index in [0.717, 1.165) is 4.68 Å². The van der Waals surface area contributed by atoms with E-state index in [9.17, 15) is 9.59 Å². The van der Waals surface area contributed by atoms with E-state index in [0.29, 0.717) is 27.9 Å². The Hall–Kier alpha value is -3.00. The summed E-state index contributed by atoms with van der Waals surface area (Å²) in [5, 5.41) is 7.14. The molecular formula is C16H15ClN4O4. The standard InChI is InChI=1S/C16H15ClN4O4/c1-24-12-8-11(13(25-2)7-10(12)17)18-15(22)9-21-16(23)20-6-4-3-5-14(20)19-21/h3-8H,9H2,1-2H3,(H,18,22). The number of carbonyl (C=O) groups is 1. The summed E-state index contributed by atoms with van der Waals surface area (Å²) in [5.41, 5.74) is 0.447. The van der Waals surface area contributed by atoms with E-state index in [1.807, 2.05) is 0 Å². The normalized spacial score (nSPS) is 10.7. The van der Waals surface area contributed by atoms with Crippen LogP contribution in [0.15, 0.2) is 41.3 Å². The summed E-state index contributed by atoms with van der Waals surface area (Å²) in [6.45, 7) is -0.241. The monoisotopic (exact) mass is 362 g/mol. The molecule has 0 aliphatic rings. The summed E-state index contributed by atoms with van der Waals surface area (Å²) in [6, 6.07) is 8.24. The van der Waals surface area contributed by atoms with Crippen LogP contribution >= 0.6 is 11.6 Å². The van der Waals surface area contributed by atoms with E-state index in [1.165, 1.54) is 24.7 Å². The van der Waals surface area contributed by atoms with Crippen LogP contribution in [0.25, 0.3) is 5.65 Å². The maximum Gasteiger partial charge on any atom is 0.350 e. The molecule has 0 bridgehead atoms. The van der Waals surface area contributed by atoms with Crippen LogP contribution < -0.4 is 20.5 Å². The SMILES string of the molecule is COc1cc(NC(=O)Cn2nc3ccccn3c2=O)c(OC)cc1Cl. The van der Waals surface area contributed by atoms with Gasteiger partial charge in [0.15, 0.2) is 5.65 Å². The zero-order valence-corrected chi connectivity index (χ0v) is 14.3. The number of halogens is 1. The Balaban J connectivity index is 1.85. The van der Waals surface area contributed by atoms with Gasteiger partial charge in [0.1, 0.15) is 18.0 Å². The van der Waals surface area contributed by atoms with E-state index >= 15 is 0 Å². The molecule has 1 amide bonds. The molecule has 9 heteroatoms. The van der Waals surface area contributed by atoms with Crippen LogP contribution in [0, 0.1) is 0 Å². The highest BCUT2D eigenvalue weighted by atomic mass is 35.5. The molecule has 0 aliphatic carbocycles. The van der Waals surface area contributed by atoms with Crippen LogP contribution in [0.5, 0.6) is 11.5 Å². The Morgan fingerprint density at radius 3 is 2.68 bits per heavy atom. The van der Waals surface area contributed by atoms with Crippen molar-refractivity contribution in [3.63, 3.8) is 0 Å². The molecule has 0 spiro atoms. The number of benzene rings is 1. The molecule has 2 heterocycles. The van der Waals surface area contributed by atoms with Gasteiger partial charge in [-0.2, -0.15) is 0 Å². The van der Waals surface area contributed by atoms with Gasteiger partial charge in [-0.1, -0.05) is 17.7 Å². The van der Waals surface area contributed by atoms with Crippen LogP contribution in [0.4, 0.5) is 5.69 Å². The molecule has 25 heavy (non-hydrogen) atoms. The Bertz CT molecular complexity index is 995. The molecule has 1 N–H and O–H groups in total. The maximum atomic E-state index is 12.3. The highest BCUT2D eigenvalue weighted by Gasteiger charge is 2.15. The number of hydrogen-bond donors (Lipinski definition) is 1. The average Bonchev–Trinajstić information content (AvgIpc) is 2.92. The van der Waals surface area contributed by atoms with E-state index < -0.39 is 11.6 Å². The second-order valence-electron chi connectivity index (χ2n) is 5.10. The van der Waals surface area contributed by atoms with Gasteiger partial charge in [0.2, 0.25) is 5.91 Å². The lowest BCUT2D eigenvalue weighted by molar-refractivity contribution is -0.117. The second-order valence-corrected chi connectivity index (χ2v) is 5.51. The minimum absolute atomic E-state index is 0.241. The first-order valence-corrected chi connectivity index (χ1v) is 7.67. The number of amides is 1. The number of carbonyl (C=O) groups excluding carboxylic acids is 1. The molecule has 0 aliphatic heterocycles. The molecule has 2 aromatic heterocycles. The molecule has 0 unspecified atom stereocenters. The molecular weight excluding hydrogens is 348 g/mol. The number of ether oxygens (including phenoxy) is 2. The van der Waals surface area contributed by atoms with Gasteiger partial charge in [-0.15, -0.1) is 5.10 Å². The summed E-state index contributed by atoms with van der Waals surface area (Å²) in [5.74, 6) is 0.331. The van der Waals surface area contributed by atoms with Crippen molar-refractivity contribution in [1.82, 2.24) is 14.2 Å². The largest absolute Gasteiger partial charge is 0.495 e. The predicted molar refractivity (Wildman–Crippen MR) is 92.6 cm³/mol. The Kier molecular flexibility index (Phi) is 4.62. The van der Waals surface area contributed by atoms with Gasteiger partial charge >= 0.3 is 5.69 Å². The molecule has 1 aromatic carbocycles. The fraction of sp³-hybridized carbons (Fsp3) is 0.188. The number of pyridine rings is 1. The van der Waals surface area contributed by atoms with Crippen LogP contribution in [0.1, 0.15) is 0 Å². The van der Waals surface area contributed by atoms with Gasteiger partial charge in [-0.3, -0.25) is 9.20 Å². The fourth-order valence-electron chi connectivity index (χ4n) is 2.36. The van der Waals surface area contributed by atoms with E-state index in [-0.39, 0.29) is 6.54 Å². The Morgan fingerprint density at radius 2 is 2.00 bits per heavy atom. The lowest BCUT2D eigenvalue weighted by atomic mass is 10.2. The van der Waals surface area contributed by atoms with Crippen LogP contribution in [-0.4, -0.2) is 34.3 Å². The number of rotatable bonds is 5. The summed E-state index contributed by atoms with van der Waals surface area (Å²) in [6.07, 6.45) is 1.59. The zero-order chi connectivity index (χ0) is 18.0. The smallest absolute Gasteiger partial charge is 0.350 e. The second kappa shape index (κ2) is 6.86. The first-order chi connectivity index (χ1) is 12.0. The number of nitrogens with one attached hydrogen (secondary N) is 1. The molecule has 8 nitrogen and oxygen atoms in total. The summed E-state index contributed by atoms with van der Waals surface area (Å²) in [7, 11) is 2.93. The van der Waals surface area contributed by atoms with Gasteiger partial charge < -0.3 is 14.8 Å². The van der Waals surface area contributed by atoms with E-state index in [4.69, 9.17) is 21.1 Å². The van der Waals surface area contributed by atoms with Crippen molar-refractivity contribution in [2.75, 3.05) is 19.5 Å². The first-order valence-electron chi connectivity index (χ1n) is 7.29. The molecule has 3 rings (SSSR count). The summed E-state index contributed by atoms with van der Waals surface area (Å²) in [4.78, 5) is 24.5. The molecule has 0 fully saturated rings. The van der Waals surface area contributed by atoms with Gasteiger partial charge in [-0.05, 0) is 12.1 Å². The summed E-state index contributed by atoms with van der Waals surface area (Å²) >= 11 is 6.04. The number of hydrogen-bond acceptors (Lipinski definition) is 5. The third-order valence-electron chi connectivity index (χ3n) is 3.53. The van der Waals surface area contributed by atoms with Gasteiger partial charge in [0.25, 0.3) is 0 Å². The minimum atomic E-state index is -0.437. The highest BCUT2D eigenvalue weighted by molar-refractivity contribution is 6.32. The van der Waals surface area contributed by atoms with Crippen molar-refractivity contribution in [2.24, 2.45) is 0 Å². The lowest BCUT2D eigenvalue weighted by Gasteiger charge is -2.13. The quantitative estimate of drug-likeness (QED) is 0.748. The van der Waals surface area contributed by atoms with Crippen molar-refractivity contribution >= 4 is 28.8 Å². The van der Waals surface area contributed by atoms with Crippen molar-refractivity contribution in [1.29, 1.82) is 0 Å². The molecule has 130 valence electrons. The van der Waals surface area contributed by atoms with Gasteiger partial charge in [0.05, 0.1) is 24.9 Å². The molecule has 0 atom stereocenters.